The Labute approximate surface area is 112 Å². The van der Waals surface area contributed by atoms with Gasteiger partial charge in [0.25, 0.3) is 0 Å². The zero-order valence-corrected chi connectivity index (χ0v) is 12.0. The smallest absolute Gasteiger partial charge is 0.119 e. The monoisotopic (exact) mass is 249 g/mol. The normalized spacial score (nSPS) is 12.7. The van der Waals surface area contributed by atoms with Crippen molar-refractivity contribution in [1.82, 2.24) is 0 Å². The van der Waals surface area contributed by atoms with E-state index in [-0.39, 0.29) is 6.04 Å². The van der Waals surface area contributed by atoms with Crippen LogP contribution < -0.4 is 10.5 Å². The highest BCUT2D eigenvalue weighted by molar-refractivity contribution is 5.27. The zero-order chi connectivity index (χ0) is 13.4. The fourth-order valence-corrected chi connectivity index (χ4v) is 1.85. The van der Waals surface area contributed by atoms with E-state index < -0.39 is 0 Å². The summed E-state index contributed by atoms with van der Waals surface area (Å²) in [5.74, 6) is 1.72. The highest BCUT2D eigenvalue weighted by atomic mass is 16.5. The van der Waals surface area contributed by atoms with Crippen LogP contribution in [-0.4, -0.2) is 12.6 Å². The van der Waals surface area contributed by atoms with Gasteiger partial charge in [0, 0.05) is 6.04 Å². The molecule has 0 saturated carbocycles. The Kier molecular flexibility index (Phi) is 6.81. The molecule has 1 rings (SSSR count). The van der Waals surface area contributed by atoms with Gasteiger partial charge in [-0.25, -0.2) is 0 Å². The van der Waals surface area contributed by atoms with Gasteiger partial charge in [-0.05, 0) is 49.3 Å². The van der Waals surface area contributed by atoms with Crippen molar-refractivity contribution in [2.75, 3.05) is 6.61 Å². The lowest BCUT2D eigenvalue weighted by Crippen LogP contribution is -2.21. The van der Waals surface area contributed by atoms with Crippen LogP contribution >= 0.6 is 0 Å². The maximum Gasteiger partial charge on any atom is 0.119 e. The molecule has 1 aromatic rings. The van der Waals surface area contributed by atoms with Gasteiger partial charge in [0.1, 0.15) is 5.75 Å². The molecule has 0 radical (unpaired) electrons. The molecule has 0 heterocycles. The van der Waals surface area contributed by atoms with Crippen molar-refractivity contribution in [3.63, 3.8) is 0 Å². The van der Waals surface area contributed by atoms with Gasteiger partial charge in [-0.1, -0.05) is 32.9 Å². The van der Waals surface area contributed by atoms with Gasteiger partial charge in [-0.2, -0.15) is 0 Å². The Morgan fingerprint density at radius 2 is 1.83 bits per heavy atom. The number of rotatable bonds is 8. The summed E-state index contributed by atoms with van der Waals surface area (Å²) in [5.41, 5.74) is 7.23. The van der Waals surface area contributed by atoms with Crippen molar-refractivity contribution >= 4 is 0 Å². The first-order valence-corrected chi connectivity index (χ1v) is 7.09. The Morgan fingerprint density at radius 1 is 1.17 bits per heavy atom. The third kappa shape index (κ3) is 6.06. The summed E-state index contributed by atoms with van der Waals surface area (Å²) >= 11 is 0. The number of hydrogen-bond acceptors (Lipinski definition) is 2. The molecule has 0 aliphatic rings. The van der Waals surface area contributed by atoms with Crippen LogP contribution in [0.2, 0.25) is 0 Å². The van der Waals surface area contributed by atoms with Gasteiger partial charge in [-0.15, -0.1) is 0 Å². The van der Waals surface area contributed by atoms with Crippen LogP contribution in [0.3, 0.4) is 0 Å². The van der Waals surface area contributed by atoms with E-state index >= 15 is 0 Å². The molecule has 0 aliphatic carbocycles. The molecule has 1 aromatic carbocycles. The van der Waals surface area contributed by atoms with Crippen molar-refractivity contribution in [3.05, 3.63) is 29.8 Å². The fraction of sp³-hybridized carbons (Fsp3) is 0.625. The van der Waals surface area contributed by atoms with Gasteiger partial charge >= 0.3 is 0 Å². The van der Waals surface area contributed by atoms with Gasteiger partial charge in [0.2, 0.25) is 0 Å². The van der Waals surface area contributed by atoms with Crippen LogP contribution in [0.5, 0.6) is 5.75 Å². The second-order valence-electron chi connectivity index (χ2n) is 5.40. The lowest BCUT2D eigenvalue weighted by atomic mass is 10.0. The summed E-state index contributed by atoms with van der Waals surface area (Å²) < 4.78 is 5.71. The van der Waals surface area contributed by atoms with Crippen LogP contribution in [-0.2, 0) is 6.42 Å². The van der Waals surface area contributed by atoms with Crippen molar-refractivity contribution in [3.8, 4) is 5.75 Å². The van der Waals surface area contributed by atoms with Crippen molar-refractivity contribution in [2.24, 2.45) is 11.7 Å². The van der Waals surface area contributed by atoms with E-state index in [9.17, 15) is 0 Å². The first-order chi connectivity index (χ1) is 8.61. The molecule has 0 aromatic heterocycles. The Bertz CT molecular complexity index is 318. The molecule has 18 heavy (non-hydrogen) atoms. The predicted molar refractivity (Wildman–Crippen MR) is 78.0 cm³/mol. The van der Waals surface area contributed by atoms with E-state index in [1.165, 1.54) is 12.0 Å². The SMILES string of the molecule is CCC(N)Cc1ccc(OCCCC(C)C)cc1. The topological polar surface area (TPSA) is 35.2 Å². The fourth-order valence-electron chi connectivity index (χ4n) is 1.85. The average Bonchev–Trinajstić information content (AvgIpc) is 2.36. The second-order valence-corrected chi connectivity index (χ2v) is 5.40. The molecule has 1 unspecified atom stereocenters. The molecular formula is C16H27NO. The van der Waals surface area contributed by atoms with Crippen molar-refractivity contribution in [1.29, 1.82) is 0 Å². The average molecular weight is 249 g/mol. The summed E-state index contributed by atoms with van der Waals surface area (Å²) in [5, 5.41) is 0. The summed E-state index contributed by atoms with van der Waals surface area (Å²) in [6.45, 7) is 7.42. The highest BCUT2D eigenvalue weighted by Crippen LogP contribution is 2.14. The van der Waals surface area contributed by atoms with Crippen LogP contribution in [0, 0.1) is 5.92 Å². The molecule has 2 heteroatoms. The molecule has 1 atom stereocenters. The van der Waals surface area contributed by atoms with E-state index in [2.05, 4.69) is 32.9 Å². The van der Waals surface area contributed by atoms with Crippen LogP contribution in [0.4, 0.5) is 0 Å². The standard InChI is InChI=1S/C16H27NO/c1-4-15(17)12-14-7-9-16(10-8-14)18-11-5-6-13(2)3/h7-10,13,15H,4-6,11-12,17H2,1-3H3. The van der Waals surface area contributed by atoms with Gasteiger partial charge < -0.3 is 10.5 Å². The minimum Gasteiger partial charge on any atom is -0.494 e. The third-order valence-electron chi connectivity index (χ3n) is 3.14. The van der Waals surface area contributed by atoms with Crippen LogP contribution in [0.1, 0.15) is 45.6 Å². The van der Waals surface area contributed by atoms with Crippen molar-refractivity contribution < 1.29 is 4.74 Å². The number of benzene rings is 1. The summed E-state index contributed by atoms with van der Waals surface area (Å²) in [6.07, 6.45) is 4.32. The molecule has 2 nitrogen and oxygen atoms in total. The van der Waals surface area contributed by atoms with E-state index in [0.29, 0.717) is 0 Å². The molecule has 0 amide bonds. The lowest BCUT2D eigenvalue weighted by molar-refractivity contribution is 0.297. The third-order valence-corrected chi connectivity index (χ3v) is 3.14. The van der Waals surface area contributed by atoms with Crippen molar-refractivity contribution in [2.45, 2.75) is 52.5 Å². The molecule has 0 fully saturated rings. The predicted octanol–water partition coefficient (Wildman–Crippen LogP) is 3.78. The molecule has 2 N–H and O–H groups in total. The molecule has 0 aliphatic heterocycles. The number of nitrogens with two attached hydrogens (primary N) is 1. The molecule has 102 valence electrons. The largest absolute Gasteiger partial charge is 0.494 e. The van der Waals surface area contributed by atoms with E-state index in [1.807, 2.05) is 12.1 Å². The minimum absolute atomic E-state index is 0.266. The minimum atomic E-state index is 0.266. The second kappa shape index (κ2) is 8.15. The highest BCUT2D eigenvalue weighted by Gasteiger charge is 2.02. The van der Waals surface area contributed by atoms with E-state index in [4.69, 9.17) is 10.5 Å². The van der Waals surface area contributed by atoms with Gasteiger partial charge in [-0.3, -0.25) is 0 Å². The molecule has 0 saturated heterocycles. The molecule has 0 spiro atoms. The maximum absolute atomic E-state index is 5.94. The Hall–Kier alpha value is -1.02. The summed E-state index contributed by atoms with van der Waals surface area (Å²) in [7, 11) is 0. The first-order valence-electron chi connectivity index (χ1n) is 7.09. The Morgan fingerprint density at radius 3 is 2.39 bits per heavy atom. The number of hydrogen-bond donors (Lipinski definition) is 1. The molecular weight excluding hydrogens is 222 g/mol. The zero-order valence-electron chi connectivity index (χ0n) is 12.0. The van der Waals surface area contributed by atoms with E-state index in [1.54, 1.807) is 0 Å². The maximum atomic E-state index is 5.94. The van der Waals surface area contributed by atoms with Gasteiger partial charge in [0.15, 0.2) is 0 Å². The number of ether oxygens (including phenoxy) is 1. The first kappa shape index (κ1) is 15.0. The Balaban J connectivity index is 2.31. The molecule has 0 bridgehead atoms. The van der Waals surface area contributed by atoms with Crippen LogP contribution in [0.25, 0.3) is 0 Å². The van der Waals surface area contributed by atoms with Gasteiger partial charge in [0.05, 0.1) is 6.61 Å². The quantitative estimate of drug-likeness (QED) is 0.712. The van der Waals surface area contributed by atoms with E-state index in [0.717, 1.165) is 37.5 Å². The van der Waals surface area contributed by atoms with Crippen LogP contribution in [0.15, 0.2) is 24.3 Å². The summed E-state index contributed by atoms with van der Waals surface area (Å²) in [4.78, 5) is 0. The lowest BCUT2D eigenvalue weighted by Gasteiger charge is -2.10. The summed E-state index contributed by atoms with van der Waals surface area (Å²) in [6, 6.07) is 8.60.